The van der Waals surface area contributed by atoms with Crippen LogP contribution in [0.3, 0.4) is 0 Å². The van der Waals surface area contributed by atoms with Crippen LogP contribution in [0.4, 0.5) is 5.82 Å². The van der Waals surface area contributed by atoms with E-state index >= 15 is 0 Å². The smallest absolute Gasteiger partial charge is 0.161 e. The van der Waals surface area contributed by atoms with Gasteiger partial charge in [-0.3, -0.25) is 4.98 Å². The van der Waals surface area contributed by atoms with Gasteiger partial charge in [0.15, 0.2) is 5.82 Å². The topological polar surface area (TPSA) is 63.6 Å². The van der Waals surface area contributed by atoms with E-state index in [1.165, 1.54) is 4.88 Å². The fourth-order valence-electron chi connectivity index (χ4n) is 2.24. The van der Waals surface area contributed by atoms with Gasteiger partial charge in [0.2, 0.25) is 0 Å². The van der Waals surface area contributed by atoms with Crippen LogP contribution in [0.1, 0.15) is 35.5 Å². The molecule has 3 aromatic heterocycles. The molecular formula is C17H19N5S. The number of pyridine rings is 1. The molecule has 0 aliphatic heterocycles. The lowest BCUT2D eigenvalue weighted by Crippen LogP contribution is -2.09. The van der Waals surface area contributed by atoms with Crippen molar-refractivity contribution < 1.29 is 0 Å². The Labute approximate surface area is 139 Å². The molecule has 1 unspecified atom stereocenters. The number of rotatable bonds is 5. The van der Waals surface area contributed by atoms with E-state index in [1.807, 2.05) is 24.4 Å². The van der Waals surface area contributed by atoms with E-state index in [2.05, 4.69) is 46.0 Å². The van der Waals surface area contributed by atoms with Crippen LogP contribution in [0.5, 0.6) is 0 Å². The number of nitrogens with zero attached hydrogens (tertiary/aromatic N) is 4. The molecule has 23 heavy (non-hydrogen) atoms. The molecule has 0 bridgehead atoms. The molecule has 0 spiro atoms. The molecule has 0 fully saturated rings. The Morgan fingerprint density at radius 1 is 1.22 bits per heavy atom. The Bertz CT molecular complexity index is 785. The first kappa shape index (κ1) is 15.6. The fraction of sp³-hybridized carbons (Fsp3) is 0.294. The number of aromatic nitrogens is 4. The van der Waals surface area contributed by atoms with E-state index in [0.717, 1.165) is 34.3 Å². The zero-order chi connectivity index (χ0) is 16.2. The Morgan fingerprint density at radius 2 is 2.00 bits per heavy atom. The maximum absolute atomic E-state index is 4.65. The molecule has 0 aliphatic rings. The third kappa shape index (κ3) is 3.71. The summed E-state index contributed by atoms with van der Waals surface area (Å²) in [5.74, 6) is 1.54. The van der Waals surface area contributed by atoms with Gasteiger partial charge >= 0.3 is 0 Å². The highest BCUT2D eigenvalue weighted by Crippen LogP contribution is 2.24. The molecule has 0 aromatic carbocycles. The standard InChI is InChI=1S/C17H19N5S/c1-4-14-9-15(20-12(3)17-19-10-11(2)23-17)22-16(21-14)13-5-7-18-8-6-13/h5-10,12H,4H2,1-3H3,(H,20,21,22). The van der Waals surface area contributed by atoms with Crippen molar-refractivity contribution in [1.29, 1.82) is 0 Å². The molecule has 3 rings (SSSR count). The molecule has 5 nitrogen and oxygen atoms in total. The number of hydrogen-bond acceptors (Lipinski definition) is 6. The van der Waals surface area contributed by atoms with Crippen molar-refractivity contribution in [3.63, 3.8) is 0 Å². The monoisotopic (exact) mass is 325 g/mol. The number of aryl methyl sites for hydroxylation is 2. The van der Waals surface area contributed by atoms with Crippen LogP contribution in [-0.2, 0) is 6.42 Å². The summed E-state index contributed by atoms with van der Waals surface area (Å²) in [7, 11) is 0. The molecule has 0 saturated heterocycles. The van der Waals surface area contributed by atoms with Crippen molar-refractivity contribution in [3.05, 3.63) is 52.4 Å². The van der Waals surface area contributed by atoms with Crippen molar-refractivity contribution >= 4 is 17.2 Å². The molecule has 3 aromatic rings. The Kier molecular flexibility index (Phi) is 4.62. The molecule has 0 aliphatic carbocycles. The predicted octanol–water partition coefficient (Wildman–Crippen LogP) is 4.04. The van der Waals surface area contributed by atoms with Crippen molar-refractivity contribution in [2.75, 3.05) is 5.32 Å². The van der Waals surface area contributed by atoms with Crippen molar-refractivity contribution in [2.24, 2.45) is 0 Å². The summed E-state index contributed by atoms with van der Waals surface area (Å²) < 4.78 is 0. The van der Waals surface area contributed by atoms with Crippen LogP contribution < -0.4 is 5.32 Å². The first-order valence-corrected chi connectivity index (χ1v) is 8.44. The largest absolute Gasteiger partial charge is 0.361 e. The molecule has 1 atom stereocenters. The lowest BCUT2D eigenvalue weighted by Gasteiger charge is -2.14. The van der Waals surface area contributed by atoms with E-state index in [9.17, 15) is 0 Å². The van der Waals surface area contributed by atoms with Gasteiger partial charge in [-0.15, -0.1) is 11.3 Å². The van der Waals surface area contributed by atoms with Crippen LogP contribution in [0, 0.1) is 6.92 Å². The summed E-state index contributed by atoms with van der Waals surface area (Å²) in [4.78, 5) is 19.0. The molecule has 3 heterocycles. The zero-order valence-electron chi connectivity index (χ0n) is 13.4. The summed E-state index contributed by atoms with van der Waals surface area (Å²) in [6, 6.07) is 5.96. The summed E-state index contributed by atoms with van der Waals surface area (Å²) in [6.45, 7) is 6.25. The summed E-state index contributed by atoms with van der Waals surface area (Å²) >= 11 is 1.70. The van der Waals surface area contributed by atoms with Gasteiger partial charge in [0.05, 0.1) is 6.04 Å². The molecule has 0 saturated carbocycles. The lowest BCUT2D eigenvalue weighted by atomic mass is 10.2. The fourth-order valence-corrected chi connectivity index (χ4v) is 3.01. The highest BCUT2D eigenvalue weighted by Gasteiger charge is 2.12. The molecule has 118 valence electrons. The Hall–Kier alpha value is -2.34. The van der Waals surface area contributed by atoms with Gasteiger partial charge in [0.25, 0.3) is 0 Å². The number of nitrogens with one attached hydrogen (secondary N) is 1. The van der Waals surface area contributed by atoms with Crippen LogP contribution in [0.25, 0.3) is 11.4 Å². The first-order valence-electron chi connectivity index (χ1n) is 7.63. The summed E-state index contributed by atoms with van der Waals surface area (Å²) in [6.07, 6.45) is 6.27. The number of thiazole rings is 1. The van der Waals surface area contributed by atoms with Crippen LogP contribution in [-0.4, -0.2) is 19.9 Å². The van der Waals surface area contributed by atoms with Crippen molar-refractivity contribution in [2.45, 2.75) is 33.2 Å². The van der Waals surface area contributed by atoms with Crippen molar-refractivity contribution in [3.8, 4) is 11.4 Å². The Balaban J connectivity index is 1.90. The third-order valence-corrected chi connectivity index (χ3v) is 4.55. The van der Waals surface area contributed by atoms with Crippen LogP contribution in [0.15, 0.2) is 36.8 Å². The van der Waals surface area contributed by atoms with Crippen LogP contribution in [0.2, 0.25) is 0 Å². The van der Waals surface area contributed by atoms with Gasteiger partial charge in [-0.25, -0.2) is 15.0 Å². The summed E-state index contributed by atoms with van der Waals surface area (Å²) in [5, 5.41) is 4.50. The zero-order valence-corrected chi connectivity index (χ0v) is 14.3. The second-order valence-corrected chi connectivity index (χ2v) is 6.60. The second kappa shape index (κ2) is 6.83. The normalized spacial score (nSPS) is 12.1. The number of hydrogen-bond donors (Lipinski definition) is 1. The predicted molar refractivity (Wildman–Crippen MR) is 93.5 cm³/mol. The Morgan fingerprint density at radius 3 is 2.65 bits per heavy atom. The van der Waals surface area contributed by atoms with E-state index in [1.54, 1.807) is 23.7 Å². The SMILES string of the molecule is CCc1cc(NC(C)c2ncc(C)s2)nc(-c2ccncc2)n1. The van der Waals surface area contributed by atoms with E-state index < -0.39 is 0 Å². The molecule has 6 heteroatoms. The average Bonchev–Trinajstić information content (AvgIpc) is 3.02. The molecule has 0 radical (unpaired) electrons. The van der Waals surface area contributed by atoms with Gasteiger partial charge in [-0.2, -0.15) is 0 Å². The number of anilines is 1. The minimum Gasteiger partial charge on any atom is -0.361 e. The molecule has 0 amide bonds. The van der Waals surface area contributed by atoms with Crippen molar-refractivity contribution in [1.82, 2.24) is 19.9 Å². The van der Waals surface area contributed by atoms with E-state index in [4.69, 9.17) is 0 Å². The highest BCUT2D eigenvalue weighted by molar-refractivity contribution is 7.11. The van der Waals surface area contributed by atoms with Gasteiger partial charge in [-0.1, -0.05) is 6.92 Å². The van der Waals surface area contributed by atoms with Gasteiger partial charge in [0.1, 0.15) is 10.8 Å². The minimum atomic E-state index is 0.110. The molecule has 1 N–H and O–H groups in total. The summed E-state index contributed by atoms with van der Waals surface area (Å²) in [5.41, 5.74) is 1.98. The van der Waals surface area contributed by atoms with E-state index in [-0.39, 0.29) is 6.04 Å². The van der Waals surface area contributed by atoms with E-state index in [0.29, 0.717) is 0 Å². The first-order chi connectivity index (χ1) is 11.2. The quantitative estimate of drug-likeness (QED) is 0.767. The lowest BCUT2D eigenvalue weighted by molar-refractivity contribution is 0.855. The van der Waals surface area contributed by atoms with Gasteiger partial charge in [-0.05, 0) is 32.4 Å². The minimum absolute atomic E-state index is 0.110. The molecular weight excluding hydrogens is 306 g/mol. The van der Waals surface area contributed by atoms with Gasteiger partial charge in [0, 0.05) is 40.8 Å². The maximum atomic E-state index is 4.65. The van der Waals surface area contributed by atoms with Gasteiger partial charge < -0.3 is 5.32 Å². The third-order valence-electron chi connectivity index (χ3n) is 3.45. The van der Waals surface area contributed by atoms with Crippen LogP contribution >= 0.6 is 11.3 Å². The average molecular weight is 325 g/mol. The second-order valence-electron chi connectivity index (χ2n) is 5.33. The highest BCUT2D eigenvalue weighted by atomic mass is 32.1. The maximum Gasteiger partial charge on any atom is 0.161 e.